The van der Waals surface area contributed by atoms with Crippen LogP contribution in [0.25, 0.3) is 16.3 Å². The van der Waals surface area contributed by atoms with Gasteiger partial charge in [0, 0.05) is 10.7 Å². The van der Waals surface area contributed by atoms with E-state index in [2.05, 4.69) is 15.5 Å². The maximum atomic E-state index is 14.1. The second kappa shape index (κ2) is 9.05. The third-order valence-electron chi connectivity index (χ3n) is 5.41. The topological polar surface area (TPSA) is 54.2 Å². The lowest BCUT2D eigenvalue weighted by Gasteiger charge is -2.37. The Kier molecular flexibility index (Phi) is 5.97. The van der Waals surface area contributed by atoms with Gasteiger partial charge in [0.1, 0.15) is 5.82 Å². The standard InChI is InChI=1S/C24H18ClFN4OS2/c1-14-20(23-28-22(29-31-23)19-9-4-10-33-19)21(16-6-3-8-18(26)12-16)27-24(32)30(14)13-15-5-2-7-17(25)11-15/h2-12,21H,13H2,1H3,(H,27,32). The van der Waals surface area contributed by atoms with Crippen molar-refractivity contribution < 1.29 is 8.91 Å². The Morgan fingerprint density at radius 3 is 2.79 bits per heavy atom. The minimum atomic E-state index is -0.444. The predicted molar refractivity (Wildman–Crippen MR) is 132 cm³/mol. The largest absolute Gasteiger partial charge is 0.351 e. The highest BCUT2D eigenvalue weighted by Crippen LogP contribution is 2.38. The number of nitrogens with one attached hydrogen (secondary N) is 1. The number of thiocarbonyl (C=S) groups is 1. The molecule has 1 aliphatic rings. The molecule has 1 N–H and O–H groups in total. The predicted octanol–water partition coefficient (Wildman–Crippen LogP) is 6.45. The van der Waals surface area contributed by atoms with E-state index in [-0.39, 0.29) is 5.82 Å². The van der Waals surface area contributed by atoms with Crippen LogP contribution in [-0.2, 0) is 6.54 Å². The van der Waals surface area contributed by atoms with Crippen molar-refractivity contribution in [1.29, 1.82) is 0 Å². The molecule has 5 nitrogen and oxygen atoms in total. The number of nitrogens with zero attached hydrogens (tertiary/aromatic N) is 3. The molecular formula is C24H18ClFN4OS2. The smallest absolute Gasteiger partial charge is 0.258 e. The first-order valence-electron chi connectivity index (χ1n) is 10.2. The van der Waals surface area contributed by atoms with Gasteiger partial charge < -0.3 is 14.7 Å². The monoisotopic (exact) mass is 496 g/mol. The molecule has 9 heteroatoms. The molecule has 2 aromatic carbocycles. The van der Waals surface area contributed by atoms with Crippen molar-refractivity contribution in [1.82, 2.24) is 20.4 Å². The summed E-state index contributed by atoms with van der Waals surface area (Å²) in [6.07, 6.45) is 0. The van der Waals surface area contributed by atoms with E-state index in [1.807, 2.05) is 59.7 Å². The molecule has 0 bridgehead atoms. The molecule has 1 atom stereocenters. The first-order chi connectivity index (χ1) is 16.0. The quantitative estimate of drug-likeness (QED) is 0.320. The summed E-state index contributed by atoms with van der Waals surface area (Å²) in [7, 11) is 0. The van der Waals surface area contributed by atoms with Crippen molar-refractivity contribution in [2.45, 2.75) is 19.5 Å². The zero-order valence-corrected chi connectivity index (χ0v) is 19.8. The number of thiophene rings is 1. The SMILES string of the molecule is CC1=C(c2nc(-c3cccs3)no2)C(c2cccc(F)c2)NC(=S)N1Cc1cccc(Cl)c1. The Morgan fingerprint density at radius 1 is 1.18 bits per heavy atom. The number of allylic oxidation sites excluding steroid dienone is 1. The van der Waals surface area contributed by atoms with Crippen LogP contribution in [0.4, 0.5) is 4.39 Å². The van der Waals surface area contributed by atoms with Crippen LogP contribution in [0.1, 0.15) is 30.0 Å². The number of benzene rings is 2. The van der Waals surface area contributed by atoms with Gasteiger partial charge in [-0.25, -0.2) is 4.39 Å². The van der Waals surface area contributed by atoms with Crippen molar-refractivity contribution in [3.8, 4) is 10.7 Å². The first-order valence-corrected chi connectivity index (χ1v) is 11.8. The van der Waals surface area contributed by atoms with E-state index in [4.69, 9.17) is 28.3 Å². The van der Waals surface area contributed by atoms with Gasteiger partial charge in [0.2, 0.25) is 5.82 Å². The molecule has 0 amide bonds. The molecule has 0 fully saturated rings. The number of halogens is 2. The fraction of sp³-hybridized carbons (Fsp3) is 0.125. The van der Waals surface area contributed by atoms with Crippen LogP contribution < -0.4 is 5.32 Å². The number of rotatable bonds is 5. The average Bonchev–Trinajstić information content (AvgIpc) is 3.48. The lowest BCUT2D eigenvalue weighted by Crippen LogP contribution is -2.45. The van der Waals surface area contributed by atoms with Gasteiger partial charge in [0.25, 0.3) is 5.89 Å². The van der Waals surface area contributed by atoms with E-state index in [0.717, 1.165) is 21.7 Å². The van der Waals surface area contributed by atoms with Crippen LogP contribution in [0.2, 0.25) is 5.02 Å². The van der Waals surface area contributed by atoms with Crippen molar-refractivity contribution >= 4 is 45.8 Å². The highest BCUT2D eigenvalue weighted by Gasteiger charge is 2.34. The van der Waals surface area contributed by atoms with Gasteiger partial charge in [0.05, 0.1) is 23.0 Å². The molecule has 1 aliphatic heterocycles. The van der Waals surface area contributed by atoms with Crippen LogP contribution in [0.5, 0.6) is 0 Å². The van der Waals surface area contributed by atoms with Crippen molar-refractivity contribution in [3.05, 3.63) is 99.6 Å². The Labute approximate surface area is 204 Å². The van der Waals surface area contributed by atoms with E-state index in [0.29, 0.717) is 34.0 Å². The zero-order valence-electron chi connectivity index (χ0n) is 17.5. The second-order valence-electron chi connectivity index (χ2n) is 7.55. The third-order valence-corrected chi connectivity index (χ3v) is 6.85. The molecule has 0 saturated heterocycles. The van der Waals surface area contributed by atoms with Crippen molar-refractivity contribution in [2.75, 3.05) is 0 Å². The van der Waals surface area contributed by atoms with E-state index in [9.17, 15) is 4.39 Å². The molecule has 5 rings (SSSR count). The molecule has 1 unspecified atom stereocenters. The summed E-state index contributed by atoms with van der Waals surface area (Å²) in [6, 6.07) is 17.5. The normalized spacial score (nSPS) is 16.3. The summed E-state index contributed by atoms with van der Waals surface area (Å²) >= 11 is 13.4. The number of aromatic nitrogens is 2. The van der Waals surface area contributed by atoms with Crippen LogP contribution >= 0.6 is 35.2 Å². The molecule has 0 spiro atoms. The third kappa shape index (κ3) is 4.42. The average molecular weight is 497 g/mol. The molecule has 3 heterocycles. The van der Waals surface area contributed by atoms with E-state index in [1.165, 1.54) is 23.5 Å². The Balaban J connectivity index is 1.61. The van der Waals surface area contributed by atoms with Gasteiger partial charge >= 0.3 is 0 Å². The molecule has 33 heavy (non-hydrogen) atoms. The van der Waals surface area contributed by atoms with Gasteiger partial charge in [-0.15, -0.1) is 11.3 Å². The van der Waals surface area contributed by atoms with Crippen molar-refractivity contribution in [2.24, 2.45) is 0 Å². The summed E-state index contributed by atoms with van der Waals surface area (Å²) in [5, 5.41) is 10.6. The number of hydrogen-bond acceptors (Lipinski definition) is 5. The van der Waals surface area contributed by atoms with Gasteiger partial charge in [0.15, 0.2) is 5.11 Å². The minimum Gasteiger partial charge on any atom is -0.351 e. The van der Waals surface area contributed by atoms with Crippen LogP contribution in [0.15, 0.2) is 76.3 Å². The zero-order chi connectivity index (χ0) is 22.9. The molecule has 0 aliphatic carbocycles. The van der Waals surface area contributed by atoms with Gasteiger partial charge in [-0.1, -0.05) is 47.1 Å². The molecule has 4 aromatic rings. The van der Waals surface area contributed by atoms with E-state index >= 15 is 0 Å². The minimum absolute atomic E-state index is 0.330. The lowest BCUT2D eigenvalue weighted by atomic mass is 9.94. The van der Waals surface area contributed by atoms with E-state index in [1.54, 1.807) is 6.07 Å². The highest BCUT2D eigenvalue weighted by atomic mass is 35.5. The van der Waals surface area contributed by atoms with Gasteiger partial charge in [-0.2, -0.15) is 4.98 Å². The van der Waals surface area contributed by atoms with Gasteiger partial charge in [-0.05, 0) is 66.0 Å². The Bertz CT molecular complexity index is 1350. The Morgan fingerprint density at radius 2 is 2.03 bits per heavy atom. The highest BCUT2D eigenvalue weighted by molar-refractivity contribution is 7.80. The second-order valence-corrected chi connectivity index (χ2v) is 9.32. The summed E-state index contributed by atoms with van der Waals surface area (Å²) in [4.78, 5) is 7.52. The lowest BCUT2D eigenvalue weighted by molar-refractivity contribution is 0.396. The molecule has 166 valence electrons. The molecule has 0 saturated carbocycles. The van der Waals surface area contributed by atoms with Crippen molar-refractivity contribution in [3.63, 3.8) is 0 Å². The Hall–Kier alpha value is -3.07. The maximum absolute atomic E-state index is 14.1. The van der Waals surface area contributed by atoms with Crippen LogP contribution in [0.3, 0.4) is 0 Å². The number of hydrogen-bond donors (Lipinski definition) is 1. The summed E-state index contributed by atoms with van der Waals surface area (Å²) < 4.78 is 19.8. The fourth-order valence-electron chi connectivity index (χ4n) is 3.84. The molecular weight excluding hydrogens is 479 g/mol. The first kappa shape index (κ1) is 21.8. The molecule has 2 aromatic heterocycles. The summed E-state index contributed by atoms with van der Waals surface area (Å²) in [6.45, 7) is 2.46. The van der Waals surface area contributed by atoms with E-state index < -0.39 is 6.04 Å². The molecule has 0 radical (unpaired) electrons. The van der Waals surface area contributed by atoms with Crippen LogP contribution in [0, 0.1) is 5.82 Å². The fourth-order valence-corrected chi connectivity index (χ4v) is 5.02. The summed E-state index contributed by atoms with van der Waals surface area (Å²) in [5.74, 6) is 0.535. The van der Waals surface area contributed by atoms with Crippen LogP contribution in [-0.4, -0.2) is 20.2 Å². The maximum Gasteiger partial charge on any atom is 0.258 e. The summed E-state index contributed by atoms with van der Waals surface area (Å²) in [5.41, 5.74) is 3.30. The van der Waals surface area contributed by atoms with Gasteiger partial charge in [-0.3, -0.25) is 0 Å².